The Bertz CT molecular complexity index is 940. The Labute approximate surface area is 192 Å². The molecule has 0 aliphatic carbocycles. The third-order valence-corrected chi connectivity index (χ3v) is 7.08. The van der Waals surface area contributed by atoms with Gasteiger partial charge in [-0.15, -0.1) is 11.3 Å². The molecule has 1 fully saturated rings. The minimum Gasteiger partial charge on any atom is -0.497 e. The van der Waals surface area contributed by atoms with Crippen molar-refractivity contribution in [2.75, 3.05) is 40.0 Å². The fourth-order valence-electron chi connectivity index (χ4n) is 4.33. The molecule has 0 radical (unpaired) electrons. The fraction of sp³-hybridized carbons (Fsp3) is 0.500. The first kappa shape index (κ1) is 22.6. The quantitative estimate of drug-likeness (QED) is 0.607. The van der Waals surface area contributed by atoms with E-state index in [1.165, 1.54) is 11.8 Å². The van der Waals surface area contributed by atoms with Gasteiger partial charge in [-0.2, -0.15) is 0 Å². The van der Waals surface area contributed by atoms with Gasteiger partial charge in [0.25, 0.3) is 0 Å². The van der Waals surface area contributed by atoms with Gasteiger partial charge in [-0.3, -0.25) is 9.59 Å². The monoisotopic (exact) mass is 458 g/mol. The van der Waals surface area contributed by atoms with Crippen LogP contribution in [0.25, 0.3) is 0 Å². The van der Waals surface area contributed by atoms with Gasteiger partial charge >= 0.3 is 0 Å². The second kappa shape index (κ2) is 10.4. The lowest BCUT2D eigenvalue weighted by molar-refractivity contribution is -0.142. The Morgan fingerprint density at radius 1 is 1.28 bits per heavy atom. The highest BCUT2D eigenvalue weighted by molar-refractivity contribution is 7.10. The molecule has 2 aliphatic heterocycles. The van der Waals surface area contributed by atoms with Crippen LogP contribution < -0.4 is 9.47 Å². The van der Waals surface area contributed by atoms with Crippen LogP contribution in [0.2, 0.25) is 0 Å². The van der Waals surface area contributed by atoms with Crippen molar-refractivity contribution in [3.8, 4) is 11.5 Å². The minimum atomic E-state index is -0.194. The van der Waals surface area contributed by atoms with Gasteiger partial charge in [0.2, 0.25) is 11.8 Å². The van der Waals surface area contributed by atoms with Crippen molar-refractivity contribution in [1.82, 2.24) is 9.80 Å². The van der Waals surface area contributed by atoms with Crippen molar-refractivity contribution >= 4 is 23.2 Å². The van der Waals surface area contributed by atoms with E-state index in [1.54, 1.807) is 23.3 Å². The molecule has 2 aliphatic rings. The third-order valence-electron chi connectivity index (χ3n) is 6.08. The molecule has 0 spiro atoms. The summed E-state index contributed by atoms with van der Waals surface area (Å²) in [4.78, 5) is 30.3. The minimum absolute atomic E-state index is 0.0173. The van der Waals surface area contributed by atoms with Gasteiger partial charge in [-0.05, 0) is 48.4 Å². The maximum atomic E-state index is 13.4. The van der Waals surface area contributed by atoms with E-state index in [9.17, 15) is 9.59 Å². The molecule has 1 aromatic carbocycles. The van der Waals surface area contributed by atoms with Crippen LogP contribution in [0.4, 0.5) is 0 Å². The van der Waals surface area contributed by atoms with E-state index in [-0.39, 0.29) is 30.5 Å². The Morgan fingerprint density at radius 3 is 2.88 bits per heavy atom. The zero-order valence-corrected chi connectivity index (χ0v) is 19.4. The average molecular weight is 459 g/mol. The molecule has 172 valence electrons. The summed E-state index contributed by atoms with van der Waals surface area (Å²) in [7, 11) is 1.62. The average Bonchev–Trinajstić information content (AvgIpc) is 3.49. The summed E-state index contributed by atoms with van der Waals surface area (Å²) in [5.41, 5.74) is 1.13. The van der Waals surface area contributed by atoms with E-state index in [4.69, 9.17) is 14.2 Å². The van der Waals surface area contributed by atoms with Crippen LogP contribution in [0, 0.1) is 0 Å². The number of carbonyl (C=O) groups excluding carboxylic acids is 2. The van der Waals surface area contributed by atoms with Gasteiger partial charge in [0.1, 0.15) is 18.1 Å². The second-order valence-corrected chi connectivity index (χ2v) is 9.18. The molecule has 7 nitrogen and oxygen atoms in total. The Morgan fingerprint density at radius 2 is 2.12 bits per heavy atom. The van der Waals surface area contributed by atoms with Crippen molar-refractivity contribution < 1.29 is 23.8 Å². The second-order valence-electron chi connectivity index (χ2n) is 8.18. The number of hydrogen-bond acceptors (Lipinski definition) is 6. The Kier molecular flexibility index (Phi) is 7.32. The highest BCUT2D eigenvalue weighted by Crippen LogP contribution is 2.34. The first-order chi connectivity index (χ1) is 15.5. The van der Waals surface area contributed by atoms with Crippen LogP contribution in [0.3, 0.4) is 0 Å². The highest BCUT2D eigenvalue weighted by Gasteiger charge is 2.33. The van der Waals surface area contributed by atoms with Crippen molar-refractivity contribution in [1.29, 1.82) is 0 Å². The van der Waals surface area contributed by atoms with E-state index >= 15 is 0 Å². The van der Waals surface area contributed by atoms with Gasteiger partial charge in [0.05, 0.1) is 25.8 Å². The van der Waals surface area contributed by atoms with E-state index in [1.807, 2.05) is 29.2 Å². The highest BCUT2D eigenvalue weighted by atomic mass is 32.1. The molecule has 0 saturated carbocycles. The molecule has 2 aromatic rings. The molecule has 32 heavy (non-hydrogen) atoms. The Balaban J connectivity index is 1.47. The SMILES string of the molecule is COc1cccc(OCC2c3ccsc3CCN2C(=O)CN(CC2CCCO2)C(C)=O)c1. The lowest BCUT2D eigenvalue weighted by atomic mass is 10.0. The van der Waals surface area contributed by atoms with Crippen molar-refractivity contribution in [2.45, 2.75) is 38.3 Å². The van der Waals surface area contributed by atoms with Gasteiger partial charge < -0.3 is 24.0 Å². The molecule has 3 heterocycles. The van der Waals surface area contributed by atoms with E-state index in [2.05, 4.69) is 11.4 Å². The number of amides is 2. The molecule has 4 rings (SSSR count). The predicted octanol–water partition coefficient (Wildman–Crippen LogP) is 3.29. The molecule has 2 atom stereocenters. The van der Waals surface area contributed by atoms with Crippen LogP contribution in [0.5, 0.6) is 11.5 Å². The smallest absolute Gasteiger partial charge is 0.242 e. The van der Waals surface area contributed by atoms with E-state index in [0.717, 1.165) is 37.2 Å². The summed E-state index contributed by atoms with van der Waals surface area (Å²) in [5.74, 6) is 1.25. The number of benzene rings is 1. The molecule has 2 unspecified atom stereocenters. The summed E-state index contributed by atoms with van der Waals surface area (Å²) in [6, 6.07) is 9.34. The number of thiophene rings is 1. The lowest BCUT2D eigenvalue weighted by Gasteiger charge is -2.37. The number of methoxy groups -OCH3 is 1. The molecule has 0 bridgehead atoms. The summed E-state index contributed by atoms with van der Waals surface area (Å²) in [6.07, 6.45) is 2.77. The van der Waals surface area contributed by atoms with Crippen LogP contribution >= 0.6 is 11.3 Å². The number of rotatable bonds is 8. The number of ether oxygens (including phenoxy) is 3. The zero-order chi connectivity index (χ0) is 22.5. The van der Waals surface area contributed by atoms with Gasteiger partial charge in [-0.1, -0.05) is 6.07 Å². The fourth-order valence-corrected chi connectivity index (χ4v) is 5.26. The summed E-state index contributed by atoms with van der Waals surface area (Å²) in [5, 5.41) is 2.07. The summed E-state index contributed by atoms with van der Waals surface area (Å²) < 4.78 is 17.0. The summed E-state index contributed by atoms with van der Waals surface area (Å²) in [6.45, 7) is 3.71. The van der Waals surface area contributed by atoms with Crippen LogP contribution in [-0.4, -0.2) is 67.7 Å². The topological polar surface area (TPSA) is 68.3 Å². The number of carbonyl (C=O) groups is 2. The number of hydrogen-bond donors (Lipinski definition) is 0. The van der Waals surface area contributed by atoms with Crippen molar-refractivity contribution in [3.05, 3.63) is 46.2 Å². The molecular formula is C24H30N2O5S. The number of nitrogens with zero attached hydrogens (tertiary/aromatic N) is 2. The van der Waals surface area contributed by atoms with Crippen LogP contribution in [0.15, 0.2) is 35.7 Å². The van der Waals surface area contributed by atoms with Gasteiger partial charge in [0.15, 0.2) is 0 Å². The van der Waals surface area contributed by atoms with Gasteiger partial charge in [0, 0.05) is 37.6 Å². The third kappa shape index (κ3) is 5.24. The molecule has 1 saturated heterocycles. The number of fused-ring (bicyclic) bond motifs is 1. The maximum Gasteiger partial charge on any atom is 0.242 e. The summed E-state index contributed by atoms with van der Waals surface area (Å²) >= 11 is 1.72. The Hall–Kier alpha value is -2.58. The molecular weight excluding hydrogens is 428 g/mol. The normalized spacial score (nSPS) is 20.0. The predicted molar refractivity (Wildman–Crippen MR) is 122 cm³/mol. The first-order valence-corrected chi connectivity index (χ1v) is 11.9. The molecule has 0 N–H and O–H groups in total. The molecule has 2 amide bonds. The maximum absolute atomic E-state index is 13.4. The first-order valence-electron chi connectivity index (χ1n) is 11.0. The lowest BCUT2D eigenvalue weighted by Crippen LogP contribution is -2.48. The molecule has 8 heteroatoms. The standard InChI is InChI=1S/C24H30N2O5S/c1-17(27)25(14-20-7-4-11-30-20)15-24(28)26-10-8-23-21(9-12-32-23)22(26)16-31-19-6-3-5-18(13-19)29-2/h3,5-6,9,12-13,20,22H,4,7-8,10-11,14-16H2,1-2H3. The van der Waals surface area contributed by atoms with Crippen LogP contribution in [-0.2, 0) is 20.7 Å². The van der Waals surface area contributed by atoms with Crippen LogP contribution in [0.1, 0.15) is 36.2 Å². The zero-order valence-electron chi connectivity index (χ0n) is 18.6. The molecule has 1 aromatic heterocycles. The van der Waals surface area contributed by atoms with E-state index < -0.39 is 0 Å². The van der Waals surface area contributed by atoms with Crippen molar-refractivity contribution in [3.63, 3.8) is 0 Å². The van der Waals surface area contributed by atoms with Crippen molar-refractivity contribution in [2.24, 2.45) is 0 Å². The largest absolute Gasteiger partial charge is 0.497 e. The van der Waals surface area contributed by atoms with E-state index in [0.29, 0.717) is 25.4 Å². The van der Waals surface area contributed by atoms with Gasteiger partial charge in [-0.25, -0.2) is 0 Å².